The second kappa shape index (κ2) is 31.6. The lowest BCUT2D eigenvalue weighted by molar-refractivity contribution is 0.636. The van der Waals surface area contributed by atoms with Gasteiger partial charge in [0, 0.05) is 158 Å². The predicted molar refractivity (Wildman–Crippen MR) is 592 cm³/mol. The summed E-state index contributed by atoms with van der Waals surface area (Å²) in [6, 6.07) is 150. The smallest absolute Gasteiger partial charge is 0.160 e. The fraction of sp³-hybridized carbons (Fsp3) is 0.0909. The Hall–Kier alpha value is -17.4. The fourth-order valence-electron chi connectivity index (χ4n) is 24.1. The first-order chi connectivity index (χ1) is 69.9. The van der Waals surface area contributed by atoms with Crippen molar-refractivity contribution in [2.24, 2.45) is 0 Å². The molecule has 0 aliphatic heterocycles. The summed E-state index contributed by atoms with van der Waals surface area (Å²) in [5.41, 5.74) is 40.3. The molecule has 4 aliphatic rings. The van der Waals surface area contributed by atoms with Gasteiger partial charge in [-0.15, -0.1) is 11.3 Å². The van der Waals surface area contributed by atoms with Crippen LogP contribution in [0.2, 0.25) is 0 Å². The molecule has 11 heteroatoms. The van der Waals surface area contributed by atoms with E-state index in [-0.39, 0.29) is 21.7 Å². The van der Waals surface area contributed by atoms with Crippen LogP contribution < -0.4 is 0 Å². The molecule has 0 atom stereocenters. The minimum absolute atomic E-state index is 0.0694. The molecular formula is C132H93N9OS. The molecule has 0 fully saturated rings. The van der Waals surface area contributed by atoms with E-state index < -0.39 is 0 Å². The average molecular weight is 1850 g/mol. The van der Waals surface area contributed by atoms with Gasteiger partial charge in [-0.1, -0.05) is 359 Å². The molecule has 0 N–H and O–H groups in total. The molecule has 0 saturated carbocycles. The maximum Gasteiger partial charge on any atom is 0.160 e. The molecule has 0 saturated heterocycles. The van der Waals surface area contributed by atoms with Gasteiger partial charge in [0.05, 0.1) is 67.3 Å². The van der Waals surface area contributed by atoms with Crippen LogP contribution in [0.3, 0.4) is 0 Å². The van der Waals surface area contributed by atoms with Crippen LogP contribution in [0.1, 0.15) is 100 Å². The molecule has 4 aliphatic carbocycles. The number of hydrogen-bond donors (Lipinski definition) is 0. The zero-order chi connectivity index (χ0) is 95.6. The molecular weight excluding hydrogens is 1760 g/mol. The first-order valence-electron chi connectivity index (χ1n) is 49.4. The molecule has 18 aromatic carbocycles. The zero-order valence-corrected chi connectivity index (χ0v) is 81.0. The maximum atomic E-state index is 6.35. The van der Waals surface area contributed by atoms with Gasteiger partial charge in [0.1, 0.15) is 11.2 Å². The van der Waals surface area contributed by atoms with Crippen LogP contribution in [-0.4, -0.2) is 43.6 Å². The summed E-state index contributed by atoms with van der Waals surface area (Å²) in [6.07, 6.45) is 0. The van der Waals surface area contributed by atoms with Crippen LogP contribution in [0.4, 0.5) is 0 Å². The number of aromatic nitrogens is 9. The highest BCUT2D eigenvalue weighted by Gasteiger charge is 2.44. The Balaban J connectivity index is 0.000000105. The van der Waals surface area contributed by atoms with Gasteiger partial charge in [0.15, 0.2) is 17.5 Å². The van der Waals surface area contributed by atoms with Crippen molar-refractivity contribution in [2.75, 3.05) is 0 Å². The summed E-state index contributed by atoms with van der Waals surface area (Å²) in [5.74, 6) is 2.23. The van der Waals surface area contributed by atoms with Gasteiger partial charge < -0.3 is 18.1 Å². The number of thiophene rings is 1. The Morgan fingerprint density at radius 3 is 1.05 bits per heavy atom. The standard InChI is InChI=1S/C46H35N3.C43H29N3O.C43H29N3S/c1-45(2)36-19-11-8-16-31(36)34-26-35-32-17-10-13-21-39(32)49(40(35)27-38(34)45)30-24-22-29(23-25-30)44-47-42(28-14-6-5-7-15-28)41-33-18-9-12-20-37(33)46(3,4)43(41)48-44;2*1-43(2)34-20-9-6-19-31(34)39-40(26-13-4-3-5-14-26)44-42(45-41(39)43)27-15-12-16-28(23-27)46-35-21-10-7-17-29(35)32-24-33-30-18-8-11-22-37(30)47-38(33)25-36(32)46/h5-27H,1-4H3;2*3-25H,1-2H3. The van der Waals surface area contributed by atoms with Crippen molar-refractivity contribution >= 4 is 119 Å². The topological polar surface area (TPSA) is 105 Å². The van der Waals surface area contributed by atoms with Gasteiger partial charge >= 0.3 is 0 Å². The molecule has 8 aromatic heterocycles. The van der Waals surface area contributed by atoms with Gasteiger partial charge in [-0.3, -0.25) is 0 Å². The molecule has 0 amide bonds. The minimum Gasteiger partial charge on any atom is -0.456 e. The van der Waals surface area contributed by atoms with Crippen LogP contribution in [0.25, 0.3) is 237 Å². The lowest BCUT2D eigenvalue weighted by atomic mass is 9.82. The minimum atomic E-state index is -0.254. The third-order valence-corrected chi connectivity index (χ3v) is 32.2. The molecule has 0 unspecified atom stereocenters. The number of furan rings is 1. The van der Waals surface area contributed by atoms with Crippen molar-refractivity contribution in [1.29, 1.82) is 0 Å². The van der Waals surface area contributed by atoms with Gasteiger partial charge in [-0.2, -0.15) is 0 Å². The van der Waals surface area contributed by atoms with Crippen LogP contribution in [0.5, 0.6) is 0 Å². The number of fused-ring (bicyclic) bond motifs is 27. The van der Waals surface area contributed by atoms with Crippen molar-refractivity contribution in [2.45, 2.75) is 77.0 Å². The van der Waals surface area contributed by atoms with Gasteiger partial charge in [-0.05, 0) is 165 Å². The van der Waals surface area contributed by atoms with Crippen molar-refractivity contribution in [3.8, 4) is 130 Å². The van der Waals surface area contributed by atoms with E-state index >= 15 is 0 Å². The maximum absolute atomic E-state index is 6.35. The normalized spacial score (nSPS) is 14.0. The van der Waals surface area contributed by atoms with Crippen molar-refractivity contribution < 1.29 is 4.42 Å². The summed E-state index contributed by atoms with van der Waals surface area (Å²) in [4.78, 5) is 32.0. The van der Waals surface area contributed by atoms with E-state index in [1.54, 1.807) is 0 Å². The average Bonchev–Trinajstić information content (AvgIpc) is 1.56. The number of para-hydroxylation sites is 4. The number of rotatable bonds is 9. The second-order valence-corrected chi connectivity index (χ2v) is 41.8. The summed E-state index contributed by atoms with van der Waals surface area (Å²) in [5, 5.41) is 12.4. The monoisotopic (exact) mass is 1850 g/mol. The molecule has 143 heavy (non-hydrogen) atoms. The number of hydrogen-bond acceptors (Lipinski definition) is 8. The van der Waals surface area contributed by atoms with E-state index in [9.17, 15) is 0 Å². The van der Waals surface area contributed by atoms with E-state index in [2.05, 4.69) is 476 Å². The third-order valence-electron chi connectivity index (χ3n) is 31.1. The SMILES string of the molecule is CC1(C)c2ccccc2-c2c(-c3ccccc3)nc(-c3cccc(-n4c5ccccc5c5cc6c(cc54)oc4ccccc46)c3)nc21.CC1(C)c2ccccc2-c2c(-c3ccccc3)nc(-c3cccc(-n4c5ccccc5c5cc6c(cc54)sc4ccccc46)c3)nc21.CC1(C)c2ccccc2-c2cc3c4ccccc4n(-c4ccc(-c5nc(-c6ccccc6)c6c(n5)C(C)(C)c5ccccc5-6)cc4)c3cc21. The molecule has 8 heterocycles. The van der Waals surface area contributed by atoms with E-state index in [1.165, 1.54) is 130 Å². The lowest BCUT2D eigenvalue weighted by Gasteiger charge is -2.21. The molecule has 26 aromatic rings. The Kier molecular flexibility index (Phi) is 18.5. The lowest BCUT2D eigenvalue weighted by Crippen LogP contribution is -2.17. The van der Waals surface area contributed by atoms with E-state index in [0.29, 0.717) is 0 Å². The van der Waals surface area contributed by atoms with Crippen LogP contribution >= 0.6 is 11.3 Å². The highest BCUT2D eigenvalue weighted by molar-refractivity contribution is 7.25. The largest absolute Gasteiger partial charge is 0.456 e. The van der Waals surface area contributed by atoms with E-state index in [1.807, 2.05) is 23.5 Å². The van der Waals surface area contributed by atoms with Crippen LogP contribution in [0.15, 0.2) is 423 Å². The Bertz CT molecular complexity index is 9480. The Labute approximate surface area is 830 Å². The molecule has 10 nitrogen and oxygen atoms in total. The predicted octanol–water partition coefficient (Wildman–Crippen LogP) is 34.2. The Morgan fingerprint density at radius 2 is 0.566 bits per heavy atom. The molecule has 678 valence electrons. The molecule has 0 radical (unpaired) electrons. The van der Waals surface area contributed by atoms with Gasteiger partial charge in [-0.25, -0.2) is 29.9 Å². The quantitative estimate of drug-likeness (QED) is 0.142. The summed E-state index contributed by atoms with van der Waals surface area (Å²) < 4.78 is 16.1. The third kappa shape index (κ3) is 12.7. The summed E-state index contributed by atoms with van der Waals surface area (Å²) in [6.45, 7) is 18.4. The van der Waals surface area contributed by atoms with Gasteiger partial charge in [0.25, 0.3) is 0 Å². The zero-order valence-electron chi connectivity index (χ0n) is 80.2. The van der Waals surface area contributed by atoms with Crippen molar-refractivity contribution in [3.05, 3.63) is 463 Å². The van der Waals surface area contributed by atoms with Crippen molar-refractivity contribution in [1.82, 2.24) is 43.6 Å². The summed E-state index contributed by atoms with van der Waals surface area (Å²) in [7, 11) is 0. The van der Waals surface area contributed by atoms with Crippen molar-refractivity contribution in [3.63, 3.8) is 0 Å². The second-order valence-electron chi connectivity index (χ2n) is 40.7. The molecule has 30 rings (SSSR count). The Morgan fingerprint density at radius 1 is 0.203 bits per heavy atom. The first kappa shape index (κ1) is 83.8. The van der Waals surface area contributed by atoms with Gasteiger partial charge in [0.2, 0.25) is 0 Å². The number of benzene rings is 18. The van der Waals surface area contributed by atoms with Crippen LogP contribution in [0, 0.1) is 0 Å². The van der Waals surface area contributed by atoms with E-state index in [4.69, 9.17) is 34.3 Å². The molecule has 0 bridgehead atoms. The first-order valence-corrected chi connectivity index (χ1v) is 50.2. The fourth-order valence-corrected chi connectivity index (χ4v) is 25.2. The van der Waals surface area contributed by atoms with Crippen LogP contribution in [-0.2, 0) is 21.7 Å². The summed E-state index contributed by atoms with van der Waals surface area (Å²) >= 11 is 1.86. The highest BCUT2D eigenvalue weighted by atomic mass is 32.1. The molecule has 0 spiro atoms. The number of nitrogens with zero attached hydrogens (tertiary/aromatic N) is 9. The van der Waals surface area contributed by atoms with E-state index in [0.717, 1.165) is 152 Å². The highest BCUT2D eigenvalue weighted by Crippen LogP contribution is 2.58.